The molecule has 1 aliphatic rings. The second-order valence-electron chi connectivity index (χ2n) is 4.67. The van der Waals surface area contributed by atoms with Crippen molar-refractivity contribution >= 4 is 11.5 Å². The minimum atomic E-state index is -0.507. The number of H-pyrrole nitrogens is 1. The van der Waals surface area contributed by atoms with Gasteiger partial charge in [-0.2, -0.15) is 0 Å². The average molecular weight is 254 g/mol. The Hall–Kier alpha value is -1.76. The number of hydrogen-bond donors (Lipinski definition) is 3. The fraction of sp³-hybridized carbons (Fsp3) is 0.636. The topological polar surface area (TPSA) is 104 Å². The van der Waals surface area contributed by atoms with Crippen molar-refractivity contribution in [3.05, 3.63) is 20.8 Å². The van der Waals surface area contributed by atoms with Crippen LogP contribution in [0.25, 0.3) is 0 Å². The Morgan fingerprint density at radius 1 is 1.50 bits per heavy atom. The zero-order chi connectivity index (χ0) is 13.3. The smallest absolute Gasteiger partial charge is 0.329 e. The van der Waals surface area contributed by atoms with Crippen molar-refractivity contribution in [2.24, 2.45) is 13.0 Å². The summed E-state index contributed by atoms with van der Waals surface area (Å²) in [4.78, 5) is 27.3. The first kappa shape index (κ1) is 12.7. The van der Waals surface area contributed by atoms with Gasteiger partial charge in [-0.05, 0) is 18.8 Å². The van der Waals surface area contributed by atoms with Gasteiger partial charge in [0.2, 0.25) is 0 Å². The lowest BCUT2D eigenvalue weighted by Gasteiger charge is -2.20. The lowest BCUT2D eigenvalue weighted by molar-refractivity contribution is 0.263. The SMILES string of the molecule is Cn1c(N)c(N2CCC(CCO)C2)c(=O)[nH]c1=O. The number of nitrogens with two attached hydrogens (primary N) is 1. The summed E-state index contributed by atoms with van der Waals surface area (Å²) >= 11 is 0. The monoisotopic (exact) mass is 254 g/mol. The normalized spacial score (nSPS) is 19.4. The molecule has 0 bridgehead atoms. The molecule has 2 rings (SSSR count). The van der Waals surface area contributed by atoms with Gasteiger partial charge in [0.1, 0.15) is 11.5 Å². The standard InChI is InChI=1S/C11H18N4O3/c1-14-9(12)8(10(17)13-11(14)18)15-4-2-7(6-15)3-5-16/h7,16H,2-6,12H2,1H3,(H,13,17,18). The van der Waals surface area contributed by atoms with E-state index in [1.165, 1.54) is 11.6 Å². The second kappa shape index (κ2) is 4.85. The van der Waals surface area contributed by atoms with Crippen LogP contribution in [0, 0.1) is 5.92 Å². The Kier molecular flexibility index (Phi) is 3.42. The number of nitrogens with zero attached hydrogens (tertiary/aromatic N) is 2. The third kappa shape index (κ3) is 2.13. The molecule has 1 fully saturated rings. The first-order valence-corrected chi connectivity index (χ1v) is 5.99. The van der Waals surface area contributed by atoms with E-state index >= 15 is 0 Å². The van der Waals surface area contributed by atoms with Crippen LogP contribution < -0.4 is 21.9 Å². The van der Waals surface area contributed by atoms with Crippen LogP contribution in [0.3, 0.4) is 0 Å². The largest absolute Gasteiger partial charge is 0.396 e. The van der Waals surface area contributed by atoms with Crippen molar-refractivity contribution in [3.63, 3.8) is 0 Å². The molecule has 0 spiro atoms. The molecular formula is C11H18N4O3. The number of aromatic amines is 1. The van der Waals surface area contributed by atoms with Crippen molar-refractivity contribution in [1.82, 2.24) is 9.55 Å². The Bertz CT molecular complexity index is 548. The molecule has 0 aromatic carbocycles. The van der Waals surface area contributed by atoms with Crippen molar-refractivity contribution in [2.45, 2.75) is 12.8 Å². The number of aromatic nitrogens is 2. The number of nitrogens with one attached hydrogen (secondary N) is 1. The summed E-state index contributed by atoms with van der Waals surface area (Å²) in [5, 5.41) is 8.92. The maximum Gasteiger partial charge on any atom is 0.329 e. The summed E-state index contributed by atoms with van der Waals surface area (Å²) in [7, 11) is 1.53. The van der Waals surface area contributed by atoms with Gasteiger partial charge in [0.25, 0.3) is 5.56 Å². The summed E-state index contributed by atoms with van der Waals surface area (Å²) in [6.45, 7) is 1.56. The number of aliphatic hydroxyl groups is 1. The van der Waals surface area contributed by atoms with E-state index in [0.29, 0.717) is 18.2 Å². The number of aliphatic hydroxyl groups excluding tert-OH is 1. The van der Waals surface area contributed by atoms with Crippen LogP contribution in [-0.4, -0.2) is 34.4 Å². The van der Waals surface area contributed by atoms with E-state index < -0.39 is 11.2 Å². The third-order valence-corrected chi connectivity index (χ3v) is 3.48. The highest BCUT2D eigenvalue weighted by Gasteiger charge is 2.26. The lowest BCUT2D eigenvalue weighted by Crippen LogP contribution is -2.36. The summed E-state index contributed by atoms with van der Waals surface area (Å²) in [5.74, 6) is 0.555. The molecule has 0 radical (unpaired) electrons. The number of nitrogen functional groups attached to an aromatic ring is 1. The third-order valence-electron chi connectivity index (χ3n) is 3.48. The summed E-state index contributed by atoms with van der Waals surface area (Å²) in [6, 6.07) is 0. The molecule has 1 atom stereocenters. The fourth-order valence-electron chi connectivity index (χ4n) is 2.38. The van der Waals surface area contributed by atoms with Crippen molar-refractivity contribution in [1.29, 1.82) is 0 Å². The number of rotatable bonds is 3. The van der Waals surface area contributed by atoms with Crippen molar-refractivity contribution in [2.75, 3.05) is 30.3 Å². The minimum absolute atomic E-state index is 0.150. The van der Waals surface area contributed by atoms with E-state index in [1.54, 1.807) is 0 Å². The molecule has 0 saturated carbocycles. The first-order chi connectivity index (χ1) is 8.54. The molecule has 7 heteroatoms. The van der Waals surface area contributed by atoms with Gasteiger partial charge in [0.15, 0.2) is 0 Å². The zero-order valence-electron chi connectivity index (χ0n) is 10.3. The Morgan fingerprint density at radius 2 is 2.22 bits per heavy atom. The number of hydrogen-bond acceptors (Lipinski definition) is 5. The van der Waals surface area contributed by atoms with Crippen LogP contribution in [0.5, 0.6) is 0 Å². The van der Waals surface area contributed by atoms with Gasteiger partial charge in [-0.3, -0.25) is 14.3 Å². The van der Waals surface area contributed by atoms with Crippen LogP contribution in [0.2, 0.25) is 0 Å². The first-order valence-electron chi connectivity index (χ1n) is 5.99. The van der Waals surface area contributed by atoms with Gasteiger partial charge in [0, 0.05) is 26.7 Å². The van der Waals surface area contributed by atoms with Gasteiger partial charge < -0.3 is 15.7 Å². The molecule has 0 aliphatic carbocycles. The van der Waals surface area contributed by atoms with Crippen LogP contribution in [0.1, 0.15) is 12.8 Å². The molecule has 7 nitrogen and oxygen atoms in total. The van der Waals surface area contributed by atoms with Gasteiger partial charge in [0.05, 0.1) is 0 Å². The zero-order valence-corrected chi connectivity index (χ0v) is 10.3. The van der Waals surface area contributed by atoms with Gasteiger partial charge in [-0.25, -0.2) is 4.79 Å². The fourth-order valence-corrected chi connectivity index (χ4v) is 2.38. The lowest BCUT2D eigenvalue weighted by atomic mass is 10.1. The predicted octanol–water partition coefficient (Wildman–Crippen LogP) is -1.14. The van der Waals surface area contributed by atoms with Gasteiger partial charge in [-0.15, -0.1) is 0 Å². The van der Waals surface area contributed by atoms with Crippen molar-refractivity contribution in [3.8, 4) is 0 Å². The predicted molar refractivity (Wildman–Crippen MR) is 68.7 cm³/mol. The van der Waals surface area contributed by atoms with E-state index in [2.05, 4.69) is 4.98 Å². The molecule has 1 aromatic rings. The van der Waals surface area contributed by atoms with Crippen LogP contribution in [0.15, 0.2) is 9.59 Å². The maximum absolute atomic E-state index is 11.8. The molecule has 18 heavy (non-hydrogen) atoms. The molecule has 1 unspecified atom stereocenters. The molecule has 0 amide bonds. The minimum Gasteiger partial charge on any atom is -0.396 e. The van der Waals surface area contributed by atoms with E-state index in [0.717, 1.165) is 19.4 Å². The van der Waals surface area contributed by atoms with Crippen LogP contribution in [0.4, 0.5) is 11.5 Å². The highest BCUT2D eigenvalue weighted by molar-refractivity contribution is 5.62. The number of anilines is 2. The quantitative estimate of drug-likeness (QED) is 0.633. The Balaban J connectivity index is 2.33. The highest BCUT2D eigenvalue weighted by atomic mass is 16.3. The Morgan fingerprint density at radius 3 is 2.89 bits per heavy atom. The molecule has 1 saturated heterocycles. The van der Waals surface area contributed by atoms with Gasteiger partial charge in [-0.1, -0.05) is 0 Å². The second-order valence-corrected chi connectivity index (χ2v) is 4.67. The molecule has 100 valence electrons. The molecule has 1 aliphatic heterocycles. The van der Waals surface area contributed by atoms with Crippen LogP contribution >= 0.6 is 0 Å². The summed E-state index contributed by atoms with van der Waals surface area (Å²) < 4.78 is 1.23. The average Bonchev–Trinajstić information content (AvgIpc) is 2.75. The van der Waals surface area contributed by atoms with E-state index in [1.807, 2.05) is 4.90 Å². The van der Waals surface area contributed by atoms with E-state index in [9.17, 15) is 9.59 Å². The molecule has 2 heterocycles. The van der Waals surface area contributed by atoms with E-state index in [-0.39, 0.29) is 12.4 Å². The van der Waals surface area contributed by atoms with E-state index in [4.69, 9.17) is 10.8 Å². The van der Waals surface area contributed by atoms with Crippen LogP contribution in [-0.2, 0) is 7.05 Å². The molecule has 4 N–H and O–H groups in total. The Labute approximate surface area is 104 Å². The summed E-state index contributed by atoms with van der Waals surface area (Å²) in [5.41, 5.74) is 5.24. The molecular weight excluding hydrogens is 236 g/mol. The highest BCUT2D eigenvalue weighted by Crippen LogP contribution is 2.25. The van der Waals surface area contributed by atoms with Gasteiger partial charge >= 0.3 is 5.69 Å². The molecule has 1 aromatic heterocycles. The van der Waals surface area contributed by atoms with Crippen molar-refractivity contribution < 1.29 is 5.11 Å². The summed E-state index contributed by atoms with van der Waals surface area (Å²) in [6.07, 6.45) is 1.64. The maximum atomic E-state index is 11.8.